The van der Waals surface area contributed by atoms with Crippen LogP contribution in [0, 0.1) is 17.6 Å². The summed E-state index contributed by atoms with van der Waals surface area (Å²) >= 11 is 0. The van der Waals surface area contributed by atoms with E-state index in [2.05, 4.69) is 20.6 Å². The number of benzene rings is 2. The van der Waals surface area contributed by atoms with Crippen molar-refractivity contribution < 1.29 is 13.6 Å². The third-order valence-electron chi connectivity index (χ3n) is 5.41. The summed E-state index contributed by atoms with van der Waals surface area (Å²) in [6.07, 6.45) is 2.76. The van der Waals surface area contributed by atoms with E-state index in [0.29, 0.717) is 42.9 Å². The minimum Gasteiger partial charge on any atom is -0.338 e. The molecule has 1 aromatic heterocycles. The van der Waals surface area contributed by atoms with Crippen LogP contribution in [-0.4, -0.2) is 44.5 Å². The first kappa shape index (κ1) is 19.2. The van der Waals surface area contributed by atoms with Crippen molar-refractivity contribution in [3.63, 3.8) is 0 Å². The van der Waals surface area contributed by atoms with Crippen LogP contribution in [0.5, 0.6) is 0 Å². The van der Waals surface area contributed by atoms with E-state index >= 15 is 0 Å². The largest absolute Gasteiger partial charge is 0.338 e. The van der Waals surface area contributed by atoms with Crippen molar-refractivity contribution in [1.82, 2.24) is 25.5 Å². The van der Waals surface area contributed by atoms with Gasteiger partial charge in [0.05, 0.1) is 5.56 Å². The molecule has 8 heteroatoms. The van der Waals surface area contributed by atoms with Crippen molar-refractivity contribution in [2.75, 3.05) is 13.1 Å². The first-order valence-corrected chi connectivity index (χ1v) is 9.68. The van der Waals surface area contributed by atoms with E-state index in [9.17, 15) is 13.6 Å². The quantitative estimate of drug-likeness (QED) is 0.713. The van der Waals surface area contributed by atoms with Crippen LogP contribution in [0.25, 0.3) is 11.4 Å². The molecule has 0 radical (unpaired) electrons. The third-order valence-corrected chi connectivity index (χ3v) is 5.41. The van der Waals surface area contributed by atoms with Crippen molar-refractivity contribution in [3.8, 4) is 11.4 Å². The highest BCUT2D eigenvalue weighted by molar-refractivity contribution is 6.00. The zero-order valence-electron chi connectivity index (χ0n) is 15.8. The monoisotopic (exact) mass is 397 g/mol. The highest BCUT2D eigenvalue weighted by atomic mass is 19.1. The summed E-state index contributed by atoms with van der Waals surface area (Å²) in [6.45, 7) is 1.22. The van der Waals surface area contributed by atoms with Gasteiger partial charge in [0, 0.05) is 24.2 Å². The van der Waals surface area contributed by atoms with Crippen LogP contribution in [0.4, 0.5) is 8.78 Å². The number of carbonyl (C=O) groups excluding carboxylic acids is 1. The number of rotatable bonds is 5. The Bertz CT molecular complexity index is 972. The Hall–Kier alpha value is -3.16. The van der Waals surface area contributed by atoms with Crippen LogP contribution in [0.15, 0.2) is 42.5 Å². The zero-order valence-corrected chi connectivity index (χ0v) is 15.8. The molecule has 0 saturated carbocycles. The number of tetrazole rings is 1. The molecule has 2 heterocycles. The molecular formula is C21H21F2N5O. The predicted molar refractivity (Wildman–Crippen MR) is 103 cm³/mol. The van der Waals surface area contributed by atoms with Gasteiger partial charge in [0.1, 0.15) is 11.6 Å². The number of nitrogens with zero attached hydrogens (tertiary/aromatic N) is 4. The second-order valence-corrected chi connectivity index (χ2v) is 7.28. The molecule has 0 bridgehead atoms. The average Bonchev–Trinajstić information content (AvgIpc) is 3.28. The van der Waals surface area contributed by atoms with Gasteiger partial charge in [-0.25, -0.2) is 8.78 Å². The Morgan fingerprint density at radius 1 is 1.14 bits per heavy atom. The van der Waals surface area contributed by atoms with E-state index in [0.717, 1.165) is 12.8 Å². The van der Waals surface area contributed by atoms with Crippen LogP contribution in [0.2, 0.25) is 0 Å². The smallest absolute Gasteiger partial charge is 0.254 e. The third kappa shape index (κ3) is 4.16. The Kier molecular flexibility index (Phi) is 5.59. The van der Waals surface area contributed by atoms with Gasteiger partial charge in [-0.05, 0) is 55.0 Å². The number of nitrogens with one attached hydrogen (secondary N) is 1. The van der Waals surface area contributed by atoms with Crippen molar-refractivity contribution in [2.45, 2.75) is 25.7 Å². The van der Waals surface area contributed by atoms with Gasteiger partial charge in [0.25, 0.3) is 5.91 Å². The summed E-state index contributed by atoms with van der Waals surface area (Å²) in [7, 11) is 0. The van der Waals surface area contributed by atoms with E-state index in [-0.39, 0.29) is 17.4 Å². The standard InChI is InChI=1S/C21H21F2N5O/c22-18-8-3-9-19(23)17(18)11-10-14-5-4-12-28(13-14)21(29)16-7-2-1-6-15(16)20-24-26-27-25-20/h1-3,6-9,14H,4-5,10-13H2,(H,24,25,26,27)/t14-/m1/s1. The van der Waals surface area contributed by atoms with Gasteiger partial charge in [0.15, 0.2) is 0 Å². The number of hydrogen-bond donors (Lipinski definition) is 1. The summed E-state index contributed by atoms with van der Waals surface area (Å²) in [4.78, 5) is 15.0. The number of aromatic amines is 1. The maximum atomic E-state index is 13.9. The molecule has 1 fully saturated rings. The number of hydrogen-bond acceptors (Lipinski definition) is 4. The molecule has 2 aromatic carbocycles. The van der Waals surface area contributed by atoms with Crippen LogP contribution in [-0.2, 0) is 6.42 Å². The molecule has 150 valence electrons. The molecule has 1 N–H and O–H groups in total. The normalized spacial score (nSPS) is 16.8. The molecule has 0 aliphatic carbocycles. The van der Waals surface area contributed by atoms with Crippen molar-refractivity contribution in [2.24, 2.45) is 5.92 Å². The minimum atomic E-state index is -0.511. The number of amides is 1. The van der Waals surface area contributed by atoms with E-state index in [1.165, 1.54) is 18.2 Å². The molecule has 6 nitrogen and oxygen atoms in total. The van der Waals surface area contributed by atoms with E-state index in [4.69, 9.17) is 0 Å². The first-order chi connectivity index (χ1) is 14.1. The predicted octanol–water partition coefficient (Wildman–Crippen LogP) is 3.63. The second kappa shape index (κ2) is 8.46. The van der Waals surface area contributed by atoms with E-state index in [1.54, 1.807) is 18.2 Å². The van der Waals surface area contributed by atoms with Gasteiger partial charge in [0.2, 0.25) is 5.82 Å². The second-order valence-electron chi connectivity index (χ2n) is 7.28. The SMILES string of the molecule is O=C(c1ccccc1-c1nn[nH]n1)N1CCC[C@H](CCc2c(F)cccc2F)C1. The Morgan fingerprint density at radius 3 is 2.69 bits per heavy atom. The summed E-state index contributed by atoms with van der Waals surface area (Å²) in [5.41, 5.74) is 1.27. The molecule has 0 spiro atoms. The van der Waals surface area contributed by atoms with Crippen LogP contribution in [0.1, 0.15) is 35.2 Å². The van der Waals surface area contributed by atoms with Gasteiger partial charge in [-0.3, -0.25) is 4.79 Å². The van der Waals surface area contributed by atoms with E-state index < -0.39 is 11.6 Å². The molecule has 1 saturated heterocycles. The Labute approximate surface area is 166 Å². The molecule has 1 aliphatic rings. The molecule has 1 atom stereocenters. The van der Waals surface area contributed by atoms with Gasteiger partial charge in [-0.15, -0.1) is 10.2 Å². The molecule has 1 aliphatic heterocycles. The lowest BCUT2D eigenvalue weighted by atomic mass is 9.91. The van der Waals surface area contributed by atoms with Crippen LogP contribution < -0.4 is 0 Å². The van der Waals surface area contributed by atoms with Gasteiger partial charge < -0.3 is 4.90 Å². The molecular weight excluding hydrogens is 376 g/mol. The lowest BCUT2D eigenvalue weighted by molar-refractivity contribution is 0.0668. The maximum Gasteiger partial charge on any atom is 0.254 e. The summed E-state index contributed by atoms with van der Waals surface area (Å²) < 4.78 is 27.8. The topological polar surface area (TPSA) is 74.8 Å². The number of likely N-dealkylation sites (tertiary alicyclic amines) is 1. The fourth-order valence-electron chi connectivity index (χ4n) is 3.92. The van der Waals surface area contributed by atoms with Gasteiger partial charge >= 0.3 is 0 Å². The summed E-state index contributed by atoms with van der Waals surface area (Å²) in [5, 5.41) is 13.9. The summed E-state index contributed by atoms with van der Waals surface area (Å²) in [5.74, 6) is -0.542. The highest BCUT2D eigenvalue weighted by Crippen LogP contribution is 2.27. The Morgan fingerprint density at radius 2 is 1.93 bits per heavy atom. The molecule has 4 rings (SSSR count). The fraction of sp³-hybridized carbons (Fsp3) is 0.333. The lowest BCUT2D eigenvalue weighted by Gasteiger charge is -2.33. The number of halogens is 2. The number of carbonyl (C=O) groups is 1. The molecule has 3 aromatic rings. The van der Waals surface area contributed by atoms with Crippen LogP contribution >= 0.6 is 0 Å². The molecule has 29 heavy (non-hydrogen) atoms. The zero-order chi connectivity index (χ0) is 20.2. The van der Waals surface area contributed by atoms with Crippen molar-refractivity contribution >= 4 is 5.91 Å². The van der Waals surface area contributed by atoms with Gasteiger partial charge in [-0.2, -0.15) is 5.21 Å². The van der Waals surface area contributed by atoms with Crippen molar-refractivity contribution in [3.05, 3.63) is 65.2 Å². The van der Waals surface area contributed by atoms with Crippen LogP contribution in [0.3, 0.4) is 0 Å². The molecule has 1 amide bonds. The number of aromatic nitrogens is 4. The Balaban J connectivity index is 1.46. The number of piperidine rings is 1. The van der Waals surface area contributed by atoms with Gasteiger partial charge in [-0.1, -0.05) is 24.3 Å². The fourth-order valence-corrected chi connectivity index (χ4v) is 3.92. The number of H-pyrrole nitrogens is 1. The van der Waals surface area contributed by atoms with E-state index in [1.807, 2.05) is 11.0 Å². The highest BCUT2D eigenvalue weighted by Gasteiger charge is 2.27. The average molecular weight is 397 g/mol. The van der Waals surface area contributed by atoms with Crippen molar-refractivity contribution in [1.29, 1.82) is 0 Å². The first-order valence-electron chi connectivity index (χ1n) is 9.68. The molecule has 0 unspecified atom stereocenters. The summed E-state index contributed by atoms with van der Waals surface area (Å²) in [6, 6.07) is 11.1. The lowest BCUT2D eigenvalue weighted by Crippen LogP contribution is -2.40. The maximum absolute atomic E-state index is 13.9. The minimum absolute atomic E-state index is 0.0906.